The molecular weight excluding hydrogens is 446 g/mol. The fourth-order valence-electron chi connectivity index (χ4n) is 5.85. The van der Waals surface area contributed by atoms with Gasteiger partial charge in [0.2, 0.25) is 0 Å². The van der Waals surface area contributed by atoms with Gasteiger partial charge in [-0.15, -0.1) is 23.1 Å². The van der Waals surface area contributed by atoms with Gasteiger partial charge in [-0.25, -0.2) is 4.79 Å². The summed E-state index contributed by atoms with van der Waals surface area (Å²) in [4.78, 5) is 18.7. The lowest BCUT2D eigenvalue weighted by atomic mass is 9.95. The number of carbonyl (C=O) groups is 1. The van der Waals surface area contributed by atoms with E-state index < -0.39 is 0 Å². The van der Waals surface area contributed by atoms with Crippen molar-refractivity contribution in [3.63, 3.8) is 0 Å². The average Bonchev–Trinajstić information content (AvgIpc) is 3.58. The van der Waals surface area contributed by atoms with Crippen LogP contribution in [-0.2, 0) is 19.4 Å². The maximum absolute atomic E-state index is 13.8. The normalized spacial score (nSPS) is 20.2. The zero-order valence-electron chi connectivity index (χ0n) is 19.2. The molecule has 0 saturated heterocycles. The van der Waals surface area contributed by atoms with Gasteiger partial charge in [0, 0.05) is 27.6 Å². The van der Waals surface area contributed by atoms with Gasteiger partial charge in [-0.1, -0.05) is 25.0 Å². The Kier molecular flexibility index (Phi) is 5.75. The van der Waals surface area contributed by atoms with Crippen LogP contribution in [0, 0.1) is 0 Å². The summed E-state index contributed by atoms with van der Waals surface area (Å²) >= 11 is 3.70. The van der Waals surface area contributed by atoms with Crippen molar-refractivity contribution in [2.24, 2.45) is 0 Å². The number of hydrogen-bond acceptors (Lipinski definition) is 3. The Morgan fingerprint density at radius 3 is 2.61 bits per heavy atom. The predicted molar refractivity (Wildman–Crippen MR) is 137 cm³/mol. The molecule has 2 aromatic heterocycles. The van der Waals surface area contributed by atoms with Crippen molar-refractivity contribution >= 4 is 29.1 Å². The maximum atomic E-state index is 13.8. The van der Waals surface area contributed by atoms with E-state index in [4.69, 9.17) is 0 Å². The highest BCUT2D eigenvalue weighted by atomic mass is 32.2. The number of aromatic nitrogens is 1. The number of fused-ring (bicyclic) bond motifs is 5. The first kappa shape index (κ1) is 21.4. The van der Waals surface area contributed by atoms with E-state index in [0.29, 0.717) is 12.6 Å². The molecule has 1 saturated carbocycles. The standard InChI is InChI=1S/C27H31N3OS2/c1-32-20-14-12-18(13-15-20)25-23-10-6-16-29(23)26-22(21-9-4-5-11-24(21)33-26)17-30(25)27(31)28-19-7-2-3-8-19/h6,10,12-16,19,25H,2-5,7-9,11,17H2,1H3,(H,28,31). The Balaban J connectivity index is 1.47. The average molecular weight is 478 g/mol. The van der Waals surface area contributed by atoms with Crippen molar-refractivity contribution in [2.75, 3.05) is 6.26 Å². The lowest BCUT2D eigenvalue weighted by molar-refractivity contribution is 0.176. The number of nitrogens with zero attached hydrogens (tertiary/aromatic N) is 2. The minimum absolute atomic E-state index is 0.0807. The molecule has 172 valence electrons. The summed E-state index contributed by atoms with van der Waals surface area (Å²) in [6.07, 6.45) is 13.8. The Labute approximate surface area is 204 Å². The van der Waals surface area contributed by atoms with Gasteiger partial charge in [-0.2, -0.15) is 0 Å². The molecule has 3 aliphatic rings. The van der Waals surface area contributed by atoms with E-state index in [-0.39, 0.29) is 12.1 Å². The topological polar surface area (TPSA) is 37.3 Å². The Morgan fingerprint density at radius 2 is 1.82 bits per heavy atom. The quantitative estimate of drug-likeness (QED) is 0.426. The second-order valence-corrected chi connectivity index (χ2v) is 11.5. The number of thioether (sulfide) groups is 1. The first-order chi connectivity index (χ1) is 16.2. The van der Waals surface area contributed by atoms with Crippen LogP contribution in [0.4, 0.5) is 4.79 Å². The highest BCUT2D eigenvalue weighted by Crippen LogP contribution is 2.44. The summed E-state index contributed by atoms with van der Waals surface area (Å²) in [7, 11) is 0. The number of thiophene rings is 1. The van der Waals surface area contributed by atoms with E-state index in [0.717, 1.165) is 19.3 Å². The molecule has 0 bridgehead atoms. The molecule has 33 heavy (non-hydrogen) atoms. The zero-order valence-corrected chi connectivity index (χ0v) is 20.8. The molecule has 1 fully saturated rings. The first-order valence-electron chi connectivity index (χ1n) is 12.2. The van der Waals surface area contributed by atoms with Crippen LogP contribution in [0.3, 0.4) is 0 Å². The summed E-state index contributed by atoms with van der Waals surface area (Å²) in [5.74, 6) is 0. The second kappa shape index (κ2) is 8.88. The summed E-state index contributed by atoms with van der Waals surface area (Å²) in [6.45, 7) is 0.677. The number of hydrogen-bond donors (Lipinski definition) is 1. The number of carbonyl (C=O) groups excluding carboxylic acids is 1. The van der Waals surface area contributed by atoms with Crippen molar-refractivity contribution in [3.8, 4) is 5.00 Å². The highest BCUT2D eigenvalue weighted by Gasteiger charge is 2.36. The van der Waals surface area contributed by atoms with Crippen LogP contribution >= 0.6 is 23.1 Å². The van der Waals surface area contributed by atoms with E-state index in [1.165, 1.54) is 69.3 Å². The first-order valence-corrected chi connectivity index (χ1v) is 14.3. The van der Waals surface area contributed by atoms with Gasteiger partial charge in [-0.3, -0.25) is 0 Å². The van der Waals surface area contributed by atoms with Crippen molar-refractivity contribution in [1.29, 1.82) is 0 Å². The summed E-state index contributed by atoms with van der Waals surface area (Å²) in [5.41, 5.74) is 5.25. The van der Waals surface area contributed by atoms with Crippen molar-refractivity contribution < 1.29 is 4.79 Å². The maximum Gasteiger partial charge on any atom is 0.318 e. The van der Waals surface area contributed by atoms with Crippen molar-refractivity contribution in [1.82, 2.24) is 14.8 Å². The molecule has 1 aromatic carbocycles. The Hall–Kier alpha value is -2.18. The molecule has 1 aliphatic heterocycles. The summed E-state index contributed by atoms with van der Waals surface area (Å²) < 4.78 is 2.37. The summed E-state index contributed by atoms with van der Waals surface area (Å²) in [5, 5.41) is 4.72. The van der Waals surface area contributed by atoms with Crippen LogP contribution in [0.2, 0.25) is 0 Å². The number of aryl methyl sites for hydroxylation is 1. The van der Waals surface area contributed by atoms with E-state index >= 15 is 0 Å². The molecule has 3 aromatic rings. The van der Waals surface area contributed by atoms with Crippen molar-refractivity contribution in [3.05, 3.63) is 69.9 Å². The number of nitrogens with one attached hydrogen (secondary N) is 1. The molecule has 1 atom stereocenters. The zero-order chi connectivity index (χ0) is 22.4. The molecule has 1 N–H and O–H groups in total. The third-order valence-corrected chi connectivity index (χ3v) is 9.63. The number of benzene rings is 1. The van der Waals surface area contributed by atoms with E-state index in [1.807, 2.05) is 11.3 Å². The van der Waals surface area contributed by atoms with Gasteiger partial charge < -0.3 is 14.8 Å². The third kappa shape index (κ3) is 3.81. The highest BCUT2D eigenvalue weighted by molar-refractivity contribution is 7.98. The molecule has 0 radical (unpaired) electrons. The van der Waals surface area contributed by atoms with Crippen LogP contribution in [0.5, 0.6) is 0 Å². The fraction of sp³-hybridized carbons (Fsp3) is 0.444. The lowest BCUT2D eigenvalue weighted by Gasteiger charge is -2.32. The number of amides is 2. The van der Waals surface area contributed by atoms with Gasteiger partial charge in [0.05, 0.1) is 18.3 Å². The van der Waals surface area contributed by atoms with Crippen molar-refractivity contribution in [2.45, 2.75) is 74.9 Å². The van der Waals surface area contributed by atoms with Gasteiger partial charge >= 0.3 is 6.03 Å². The Bertz CT molecular complexity index is 1160. The lowest BCUT2D eigenvalue weighted by Crippen LogP contribution is -2.45. The molecule has 2 aliphatic carbocycles. The number of urea groups is 1. The minimum atomic E-state index is -0.101. The number of rotatable bonds is 3. The fourth-order valence-corrected chi connectivity index (χ4v) is 7.66. The van der Waals surface area contributed by atoms with Gasteiger partial charge in [0.15, 0.2) is 0 Å². The van der Waals surface area contributed by atoms with Gasteiger partial charge in [0.1, 0.15) is 5.00 Å². The molecule has 2 amide bonds. The molecule has 0 spiro atoms. The SMILES string of the molecule is CSc1ccc(C2c3cccn3-c3sc4c(c3CN2C(=O)NC2CCCC2)CCCC4)cc1. The van der Waals surface area contributed by atoms with Crippen LogP contribution in [0.15, 0.2) is 47.5 Å². The van der Waals surface area contributed by atoms with E-state index in [2.05, 4.69) is 63.6 Å². The van der Waals surface area contributed by atoms with E-state index in [1.54, 1.807) is 11.8 Å². The van der Waals surface area contributed by atoms with E-state index in [9.17, 15) is 4.79 Å². The van der Waals surface area contributed by atoms with Crippen LogP contribution < -0.4 is 5.32 Å². The molecule has 1 unspecified atom stereocenters. The Morgan fingerprint density at radius 1 is 1.03 bits per heavy atom. The van der Waals surface area contributed by atoms with Gasteiger partial charge in [0.25, 0.3) is 0 Å². The van der Waals surface area contributed by atoms with Crippen LogP contribution in [-0.4, -0.2) is 27.8 Å². The summed E-state index contributed by atoms with van der Waals surface area (Å²) in [6, 6.07) is 13.4. The predicted octanol–water partition coefficient (Wildman–Crippen LogP) is 6.70. The second-order valence-electron chi connectivity index (χ2n) is 9.53. The molecule has 6 heteroatoms. The van der Waals surface area contributed by atoms with Gasteiger partial charge in [-0.05, 0) is 80.2 Å². The molecular formula is C27H31N3OS2. The third-order valence-electron chi connectivity index (χ3n) is 7.55. The van der Waals surface area contributed by atoms with Crippen LogP contribution in [0.25, 0.3) is 5.00 Å². The smallest absolute Gasteiger partial charge is 0.318 e. The molecule has 4 nitrogen and oxygen atoms in total. The van der Waals surface area contributed by atoms with Crippen LogP contribution in [0.1, 0.15) is 71.8 Å². The molecule has 3 heterocycles. The minimum Gasteiger partial charge on any atom is -0.335 e. The molecule has 6 rings (SSSR count). The largest absolute Gasteiger partial charge is 0.335 e. The monoisotopic (exact) mass is 477 g/mol.